The Hall–Kier alpha value is -1.58. The largest absolute Gasteiger partial charge is 0.364 e. The van der Waals surface area contributed by atoms with Gasteiger partial charge in [-0.25, -0.2) is 4.98 Å². The zero-order valence-corrected chi connectivity index (χ0v) is 12.9. The van der Waals surface area contributed by atoms with Gasteiger partial charge in [-0.1, -0.05) is 27.7 Å². The molecule has 1 N–H and O–H groups in total. The molecule has 1 saturated heterocycles. The van der Waals surface area contributed by atoms with E-state index in [0.717, 1.165) is 18.9 Å². The Labute approximate surface area is 121 Å². The zero-order valence-electron chi connectivity index (χ0n) is 12.9. The molecule has 1 amide bonds. The molecule has 20 heavy (non-hydrogen) atoms. The lowest BCUT2D eigenvalue weighted by Gasteiger charge is -2.40. The number of hydrogen-bond acceptors (Lipinski definition) is 3. The van der Waals surface area contributed by atoms with Crippen molar-refractivity contribution in [3.8, 4) is 0 Å². The van der Waals surface area contributed by atoms with Crippen LogP contribution in [0.15, 0.2) is 18.3 Å². The molecule has 1 fully saturated rings. The summed E-state index contributed by atoms with van der Waals surface area (Å²) in [4.78, 5) is 18.1. The van der Waals surface area contributed by atoms with Gasteiger partial charge in [0.1, 0.15) is 5.82 Å². The zero-order chi connectivity index (χ0) is 14.7. The van der Waals surface area contributed by atoms with Gasteiger partial charge < -0.3 is 10.2 Å². The maximum absolute atomic E-state index is 11.9. The summed E-state index contributed by atoms with van der Waals surface area (Å²) in [6.07, 6.45) is 2.49. The minimum absolute atomic E-state index is 0.266. The maximum atomic E-state index is 11.9. The highest BCUT2D eigenvalue weighted by atomic mass is 16.2. The number of carbonyl (C=O) groups excluding carboxylic acids is 1. The lowest BCUT2D eigenvalue weighted by Crippen LogP contribution is -2.57. The third-order valence-corrected chi connectivity index (χ3v) is 3.62. The number of aromatic nitrogens is 1. The lowest BCUT2D eigenvalue weighted by molar-refractivity contribution is -0.135. The van der Waals surface area contributed by atoms with Crippen LogP contribution in [0.2, 0.25) is 0 Å². The van der Waals surface area contributed by atoms with Crippen molar-refractivity contribution in [2.24, 2.45) is 5.92 Å². The van der Waals surface area contributed by atoms with Crippen molar-refractivity contribution in [2.75, 3.05) is 18.4 Å². The molecule has 1 aromatic rings. The van der Waals surface area contributed by atoms with Gasteiger partial charge >= 0.3 is 0 Å². The van der Waals surface area contributed by atoms with Crippen LogP contribution in [0.3, 0.4) is 0 Å². The first-order chi connectivity index (χ1) is 9.45. The maximum Gasteiger partial charge on any atom is 0.222 e. The molecule has 0 saturated carbocycles. The highest BCUT2D eigenvalue weighted by molar-refractivity contribution is 5.77. The molecular weight excluding hydrogens is 250 g/mol. The van der Waals surface area contributed by atoms with E-state index in [4.69, 9.17) is 0 Å². The van der Waals surface area contributed by atoms with Crippen molar-refractivity contribution in [3.63, 3.8) is 0 Å². The first kappa shape index (κ1) is 14.8. The Morgan fingerprint density at radius 1 is 1.40 bits per heavy atom. The van der Waals surface area contributed by atoms with Crippen LogP contribution in [0.1, 0.15) is 45.6 Å². The van der Waals surface area contributed by atoms with Crippen molar-refractivity contribution in [1.29, 1.82) is 0 Å². The normalized spacial score (nSPS) is 15.6. The average molecular weight is 275 g/mol. The second kappa shape index (κ2) is 6.25. The van der Waals surface area contributed by atoms with Crippen LogP contribution in [-0.2, 0) is 4.79 Å². The quantitative estimate of drug-likeness (QED) is 0.898. The fourth-order valence-corrected chi connectivity index (χ4v) is 2.35. The summed E-state index contributed by atoms with van der Waals surface area (Å²) in [6, 6.07) is 4.49. The predicted octanol–water partition coefficient (Wildman–Crippen LogP) is 2.87. The summed E-state index contributed by atoms with van der Waals surface area (Å²) >= 11 is 0. The molecule has 0 atom stereocenters. The number of carbonyl (C=O) groups is 1. The molecule has 4 nitrogen and oxygen atoms in total. The fourth-order valence-electron chi connectivity index (χ4n) is 2.35. The number of pyridine rings is 1. The Kier molecular flexibility index (Phi) is 4.63. The predicted molar refractivity (Wildman–Crippen MR) is 81.8 cm³/mol. The van der Waals surface area contributed by atoms with Gasteiger partial charge in [-0.2, -0.15) is 0 Å². The van der Waals surface area contributed by atoms with Crippen LogP contribution in [0.4, 0.5) is 5.82 Å². The molecule has 1 aliphatic heterocycles. The summed E-state index contributed by atoms with van der Waals surface area (Å²) in [7, 11) is 0. The SMILES string of the molecule is CC(C)CC(=O)N1CC(Nc2cc(C(C)C)ccn2)C1. The second-order valence-electron chi connectivity index (χ2n) is 6.37. The Morgan fingerprint density at radius 3 is 2.70 bits per heavy atom. The van der Waals surface area contributed by atoms with Gasteiger partial charge in [0.2, 0.25) is 5.91 Å². The molecule has 0 unspecified atom stereocenters. The molecule has 2 rings (SSSR count). The molecule has 1 aliphatic rings. The van der Waals surface area contributed by atoms with Gasteiger partial charge in [-0.15, -0.1) is 0 Å². The summed E-state index contributed by atoms with van der Waals surface area (Å²) in [5.41, 5.74) is 1.29. The van der Waals surface area contributed by atoms with E-state index < -0.39 is 0 Å². The van der Waals surface area contributed by atoms with Crippen molar-refractivity contribution in [2.45, 2.75) is 46.1 Å². The van der Waals surface area contributed by atoms with Crippen molar-refractivity contribution in [3.05, 3.63) is 23.9 Å². The fraction of sp³-hybridized carbons (Fsp3) is 0.625. The summed E-state index contributed by atoms with van der Waals surface area (Å²) in [6.45, 7) is 10.1. The van der Waals surface area contributed by atoms with E-state index in [1.54, 1.807) is 0 Å². The smallest absolute Gasteiger partial charge is 0.222 e. The third-order valence-electron chi connectivity index (χ3n) is 3.62. The highest BCUT2D eigenvalue weighted by Crippen LogP contribution is 2.20. The number of amides is 1. The standard InChI is InChI=1S/C16H25N3O/c1-11(2)7-16(20)19-9-14(10-19)18-15-8-13(12(3)4)5-6-17-15/h5-6,8,11-12,14H,7,9-10H2,1-4H3,(H,17,18). The van der Waals surface area contributed by atoms with Crippen molar-refractivity contribution < 1.29 is 4.79 Å². The van der Waals surface area contributed by atoms with Crippen LogP contribution in [0.25, 0.3) is 0 Å². The number of rotatable bonds is 5. The number of likely N-dealkylation sites (tertiary alicyclic amines) is 1. The summed E-state index contributed by atoms with van der Waals surface area (Å²) < 4.78 is 0. The van der Waals surface area contributed by atoms with E-state index in [0.29, 0.717) is 24.3 Å². The number of hydrogen-bond donors (Lipinski definition) is 1. The number of nitrogens with zero attached hydrogens (tertiary/aromatic N) is 2. The molecular formula is C16H25N3O. The van der Waals surface area contributed by atoms with Gasteiger partial charge in [-0.3, -0.25) is 4.79 Å². The minimum atomic E-state index is 0.266. The van der Waals surface area contributed by atoms with Crippen molar-refractivity contribution >= 4 is 11.7 Å². The Balaban J connectivity index is 1.82. The first-order valence-corrected chi connectivity index (χ1v) is 7.46. The molecule has 2 heterocycles. The van der Waals surface area contributed by atoms with E-state index in [9.17, 15) is 4.79 Å². The number of nitrogens with one attached hydrogen (secondary N) is 1. The second-order valence-corrected chi connectivity index (χ2v) is 6.37. The van der Waals surface area contributed by atoms with Gasteiger partial charge in [0, 0.05) is 25.7 Å². The molecule has 0 spiro atoms. The minimum Gasteiger partial charge on any atom is -0.364 e. The first-order valence-electron chi connectivity index (χ1n) is 7.46. The van der Waals surface area contributed by atoms with Gasteiger partial charge in [0.25, 0.3) is 0 Å². The van der Waals surface area contributed by atoms with E-state index in [1.165, 1.54) is 5.56 Å². The molecule has 0 bridgehead atoms. The van der Waals surface area contributed by atoms with E-state index >= 15 is 0 Å². The highest BCUT2D eigenvalue weighted by Gasteiger charge is 2.30. The van der Waals surface area contributed by atoms with Gasteiger partial charge in [0.15, 0.2) is 0 Å². The topological polar surface area (TPSA) is 45.2 Å². The Morgan fingerprint density at radius 2 is 2.10 bits per heavy atom. The molecule has 0 aliphatic carbocycles. The molecule has 110 valence electrons. The number of anilines is 1. The average Bonchev–Trinajstić information content (AvgIpc) is 2.32. The van der Waals surface area contributed by atoms with E-state index in [-0.39, 0.29) is 5.91 Å². The van der Waals surface area contributed by atoms with Crippen LogP contribution < -0.4 is 5.32 Å². The van der Waals surface area contributed by atoms with Crippen LogP contribution in [0, 0.1) is 5.92 Å². The lowest BCUT2D eigenvalue weighted by atomic mass is 10.0. The van der Waals surface area contributed by atoms with E-state index in [2.05, 4.69) is 50.1 Å². The van der Waals surface area contributed by atoms with Gasteiger partial charge in [-0.05, 0) is 29.5 Å². The van der Waals surface area contributed by atoms with Crippen LogP contribution in [-0.4, -0.2) is 34.9 Å². The molecule has 4 heteroatoms. The van der Waals surface area contributed by atoms with Crippen molar-refractivity contribution in [1.82, 2.24) is 9.88 Å². The summed E-state index contributed by atoms with van der Waals surface area (Å²) in [5.74, 6) is 2.11. The van der Waals surface area contributed by atoms with Crippen LogP contribution >= 0.6 is 0 Å². The monoisotopic (exact) mass is 275 g/mol. The third kappa shape index (κ3) is 3.71. The Bertz CT molecular complexity index is 465. The summed E-state index contributed by atoms with van der Waals surface area (Å²) in [5, 5.41) is 3.41. The van der Waals surface area contributed by atoms with E-state index in [1.807, 2.05) is 11.1 Å². The van der Waals surface area contributed by atoms with Gasteiger partial charge in [0.05, 0.1) is 6.04 Å². The molecule has 1 aromatic heterocycles. The molecule has 0 radical (unpaired) electrons. The van der Waals surface area contributed by atoms with Crippen LogP contribution in [0.5, 0.6) is 0 Å². The molecule has 0 aromatic carbocycles.